The van der Waals surface area contributed by atoms with Crippen molar-refractivity contribution in [2.75, 3.05) is 0 Å². The molecule has 5 rings (SSSR count). The van der Waals surface area contributed by atoms with Crippen LogP contribution in [-0.4, -0.2) is 27.0 Å². The van der Waals surface area contributed by atoms with E-state index in [4.69, 9.17) is 14.8 Å². The molecule has 0 radical (unpaired) electrons. The number of aromatic carboxylic acids is 1. The minimum absolute atomic E-state index is 0.148. The molecule has 4 aromatic rings. The lowest BCUT2D eigenvalue weighted by molar-refractivity contribution is 0.0697. The van der Waals surface area contributed by atoms with Crippen LogP contribution in [0.5, 0.6) is 5.75 Å². The van der Waals surface area contributed by atoms with E-state index in [0.717, 1.165) is 55.5 Å². The number of halogens is 2. The molecule has 1 N–H and O–H groups in total. The summed E-state index contributed by atoms with van der Waals surface area (Å²) >= 11 is 4.47. The van der Waals surface area contributed by atoms with Crippen molar-refractivity contribution in [3.8, 4) is 5.75 Å². The molecule has 0 atom stereocenters. The summed E-state index contributed by atoms with van der Waals surface area (Å²) in [6, 6.07) is 18.0. The maximum Gasteiger partial charge on any atom is 0.335 e. The molecule has 1 aliphatic carbocycles. The van der Waals surface area contributed by atoms with Crippen molar-refractivity contribution in [1.82, 2.24) is 9.66 Å². The highest BCUT2D eigenvalue weighted by Crippen LogP contribution is 2.32. The van der Waals surface area contributed by atoms with Crippen molar-refractivity contribution >= 4 is 68.3 Å². The Labute approximate surface area is 247 Å². The van der Waals surface area contributed by atoms with Gasteiger partial charge in [0, 0.05) is 5.92 Å². The van der Waals surface area contributed by atoms with Gasteiger partial charge in [0.25, 0.3) is 5.56 Å². The lowest BCUT2D eigenvalue weighted by Crippen LogP contribution is -2.25. The summed E-state index contributed by atoms with van der Waals surface area (Å²) < 4.78 is 9.38. The fraction of sp³-hybridized carbons (Fsp3) is 0.241. The third-order valence-electron chi connectivity index (χ3n) is 6.68. The molecule has 0 saturated heterocycles. The van der Waals surface area contributed by atoms with E-state index in [1.54, 1.807) is 36.5 Å². The Morgan fingerprint density at radius 1 is 1.05 bits per heavy atom. The van der Waals surface area contributed by atoms with Crippen LogP contribution in [0.3, 0.4) is 0 Å². The van der Waals surface area contributed by atoms with Crippen LogP contribution in [0.2, 0.25) is 0 Å². The second kappa shape index (κ2) is 11.9. The number of carbonyl (C=O) groups is 1. The largest absolute Gasteiger partial charge is 0.487 e. The second-order valence-electron chi connectivity index (χ2n) is 9.29. The van der Waals surface area contributed by atoms with Crippen LogP contribution < -0.4 is 10.3 Å². The highest BCUT2D eigenvalue weighted by Gasteiger charge is 2.22. The number of rotatable bonds is 7. The number of ether oxygens (including phenoxy) is 1. The van der Waals surface area contributed by atoms with Gasteiger partial charge in [0.15, 0.2) is 0 Å². The zero-order valence-corrected chi connectivity index (χ0v) is 24.8. The number of aromatic nitrogens is 2. The van der Waals surface area contributed by atoms with Gasteiger partial charge in [-0.25, -0.2) is 9.78 Å². The maximum absolute atomic E-state index is 13.4. The molecule has 7 nitrogen and oxygen atoms in total. The summed E-state index contributed by atoms with van der Waals surface area (Å²) in [6.07, 6.45) is 7.24. The lowest BCUT2D eigenvalue weighted by Gasteiger charge is -2.22. The standard InChI is InChI=1S/C29H25I2N3O4/c30-23-14-19(15-24(31)26(23)38-17-18-10-12-21(13-11-18)29(36)37)16-32-34-27(20-6-2-1-3-7-20)33-25-9-5-4-8-22(25)28(34)35/h4-5,8-16,20H,1-3,6-7,17H2,(H,36,37). The van der Waals surface area contributed by atoms with Crippen molar-refractivity contribution in [1.29, 1.82) is 0 Å². The first-order valence-electron chi connectivity index (χ1n) is 12.4. The first-order chi connectivity index (χ1) is 18.4. The van der Waals surface area contributed by atoms with Crippen molar-refractivity contribution in [3.05, 3.63) is 101 Å². The predicted molar refractivity (Wildman–Crippen MR) is 164 cm³/mol. The molecule has 0 amide bonds. The van der Waals surface area contributed by atoms with Gasteiger partial charge in [-0.3, -0.25) is 4.79 Å². The number of carboxylic acids is 1. The Bertz CT molecular complexity index is 1550. The van der Waals surface area contributed by atoms with Crippen LogP contribution in [-0.2, 0) is 6.61 Å². The van der Waals surface area contributed by atoms with E-state index in [2.05, 4.69) is 50.3 Å². The monoisotopic (exact) mass is 733 g/mol. The van der Waals surface area contributed by atoms with Gasteiger partial charge in [-0.05, 0) is 106 Å². The summed E-state index contributed by atoms with van der Waals surface area (Å²) in [6.45, 7) is 0.322. The highest BCUT2D eigenvalue weighted by atomic mass is 127. The Hall–Kier alpha value is -2.80. The van der Waals surface area contributed by atoms with Crippen molar-refractivity contribution in [2.45, 2.75) is 44.6 Å². The average molecular weight is 733 g/mol. The quantitative estimate of drug-likeness (QED) is 0.167. The summed E-state index contributed by atoms with van der Waals surface area (Å²) in [4.78, 5) is 29.4. The zero-order chi connectivity index (χ0) is 26.6. The topological polar surface area (TPSA) is 93.8 Å². The minimum atomic E-state index is -0.952. The molecule has 1 saturated carbocycles. The molecule has 1 aromatic heterocycles. The van der Waals surface area contributed by atoms with E-state index in [1.165, 1.54) is 11.1 Å². The van der Waals surface area contributed by atoms with Crippen LogP contribution in [0, 0.1) is 7.14 Å². The first-order valence-corrected chi connectivity index (χ1v) is 14.6. The number of nitrogens with zero attached hydrogens (tertiary/aromatic N) is 3. The molecule has 1 fully saturated rings. The van der Waals surface area contributed by atoms with Crippen LogP contribution in [0.25, 0.3) is 10.9 Å². The smallest absolute Gasteiger partial charge is 0.335 e. The zero-order valence-electron chi connectivity index (χ0n) is 20.4. The molecular formula is C29H25I2N3O4. The summed E-state index contributed by atoms with van der Waals surface area (Å²) in [5.41, 5.74) is 2.55. The summed E-state index contributed by atoms with van der Waals surface area (Å²) in [5, 5.41) is 14.3. The second-order valence-corrected chi connectivity index (χ2v) is 11.6. The third-order valence-corrected chi connectivity index (χ3v) is 8.28. The molecule has 0 aliphatic heterocycles. The van der Waals surface area contributed by atoms with Gasteiger partial charge in [0.1, 0.15) is 18.2 Å². The number of para-hydroxylation sites is 1. The molecule has 9 heteroatoms. The van der Waals surface area contributed by atoms with Crippen molar-refractivity contribution in [2.24, 2.45) is 5.10 Å². The maximum atomic E-state index is 13.4. The molecular weight excluding hydrogens is 708 g/mol. The number of hydrogen-bond donors (Lipinski definition) is 1. The van der Waals surface area contributed by atoms with Crippen LogP contribution >= 0.6 is 45.2 Å². The number of fused-ring (bicyclic) bond motifs is 1. The number of benzene rings is 3. The third kappa shape index (κ3) is 5.93. The number of carboxylic acid groups (broad SMARTS) is 1. The normalized spacial score (nSPS) is 14.3. The van der Waals surface area contributed by atoms with Gasteiger partial charge >= 0.3 is 5.97 Å². The molecule has 0 spiro atoms. The van der Waals surface area contributed by atoms with Gasteiger partial charge in [0.05, 0.1) is 29.8 Å². The Kier molecular flexibility index (Phi) is 8.42. The fourth-order valence-corrected chi connectivity index (χ4v) is 6.82. The van der Waals surface area contributed by atoms with Gasteiger partial charge in [0.2, 0.25) is 0 Å². The SMILES string of the molecule is O=C(O)c1ccc(COc2c(I)cc(C=Nn3c(C4CCCCC4)nc4ccccc4c3=O)cc2I)cc1. The van der Waals surface area contributed by atoms with E-state index >= 15 is 0 Å². The van der Waals surface area contributed by atoms with E-state index in [0.29, 0.717) is 17.5 Å². The minimum Gasteiger partial charge on any atom is -0.487 e. The predicted octanol–water partition coefficient (Wildman–Crippen LogP) is 6.81. The fourth-order valence-electron chi connectivity index (χ4n) is 4.69. The van der Waals surface area contributed by atoms with Gasteiger partial charge in [-0.15, -0.1) is 0 Å². The van der Waals surface area contributed by atoms with Gasteiger partial charge < -0.3 is 9.84 Å². The summed E-state index contributed by atoms with van der Waals surface area (Å²) in [7, 11) is 0. The van der Waals surface area contributed by atoms with Crippen LogP contribution in [0.4, 0.5) is 0 Å². The van der Waals surface area contributed by atoms with E-state index in [9.17, 15) is 9.59 Å². The molecule has 1 aliphatic rings. The lowest BCUT2D eigenvalue weighted by atomic mass is 9.88. The van der Waals surface area contributed by atoms with Gasteiger partial charge in [-0.1, -0.05) is 43.5 Å². The van der Waals surface area contributed by atoms with Crippen molar-refractivity contribution < 1.29 is 14.6 Å². The Balaban J connectivity index is 1.41. The van der Waals surface area contributed by atoms with Gasteiger partial charge in [-0.2, -0.15) is 9.78 Å². The summed E-state index contributed by atoms with van der Waals surface area (Å²) in [5.74, 6) is 0.756. The molecule has 0 unspecified atom stereocenters. The molecule has 0 bridgehead atoms. The average Bonchev–Trinajstić information content (AvgIpc) is 2.93. The molecule has 3 aromatic carbocycles. The highest BCUT2D eigenvalue weighted by molar-refractivity contribution is 14.1. The first kappa shape index (κ1) is 26.8. The molecule has 38 heavy (non-hydrogen) atoms. The Morgan fingerprint density at radius 2 is 1.74 bits per heavy atom. The van der Waals surface area contributed by atoms with Crippen molar-refractivity contribution in [3.63, 3.8) is 0 Å². The molecule has 1 heterocycles. The van der Waals surface area contributed by atoms with E-state index < -0.39 is 5.97 Å². The Morgan fingerprint density at radius 3 is 2.42 bits per heavy atom. The van der Waals surface area contributed by atoms with Crippen LogP contribution in [0.15, 0.2) is 70.6 Å². The van der Waals surface area contributed by atoms with E-state index in [-0.39, 0.29) is 17.0 Å². The van der Waals surface area contributed by atoms with Crippen LogP contribution in [0.1, 0.15) is 65.3 Å². The molecule has 194 valence electrons. The number of hydrogen-bond acceptors (Lipinski definition) is 5. The van der Waals surface area contributed by atoms with E-state index in [1.807, 2.05) is 30.3 Å².